The zero-order valence-corrected chi connectivity index (χ0v) is 19.1. The van der Waals surface area contributed by atoms with Gasteiger partial charge in [-0.3, -0.25) is 4.90 Å². The van der Waals surface area contributed by atoms with Crippen molar-refractivity contribution in [1.29, 1.82) is 0 Å². The first kappa shape index (κ1) is 21.1. The van der Waals surface area contributed by atoms with E-state index in [0.29, 0.717) is 22.9 Å². The van der Waals surface area contributed by atoms with Crippen LogP contribution in [0, 0.1) is 0 Å². The summed E-state index contributed by atoms with van der Waals surface area (Å²) in [5.41, 5.74) is 2.05. The van der Waals surface area contributed by atoms with E-state index in [9.17, 15) is 9.59 Å². The first-order valence-corrected chi connectivity index (χ1v) is 12.1. The highest BCUT2D eigenvalue weighted by atomic mass is 32.2. The lowest BCUT2D eigenvalue weighted by Crippen LogP contribution is -2.50. The normalized spacial score (nSPS) is 21.0. The third-order valence-electron chi connectivity index (χ3n) is 6.17. The summed E-state index contributed by atoms with van der Waals surface area (Å²) in [6.45, 7) is 2.89. The number of urea groups is 1. The Hall–Kier alpha value is -2.81. The molecule has 3 aliphatic rings. The summed E-state index contributed by atoms with van der Waals surface area (Å²) in [5, 5.41) is 12.7. The summed E-state index contributed by atoms with van der Waals surface area (Å²) in [6, 6.07) is 8.96. The van der Waals surface area contributed by atoms with Crippen LogP contribution in [0.4, 0.5) is 4.79 Å². The maximum atomic E-state index is 13.1. The van der Waals surface area contributed by atoms with Crippen LogP contribution in [0.15, 0.2) is 46.8 Å². The summed E-state index contributed by atoms with van der Waals surface area (Å²) in [7, 11) is 1.38. The van der Waals surface area contributed by atoms with Gasteiger partial charge in [0.05, 0.1) is 18.7 Å². The number of esters is 1. The van der Waals surface area contributed by atoms with Crippen molar-refractivity contribution in [2.24, 2.45) is 0 Å². The number of carbonyl (C=O) groups is 2. The number of nitrogens with zero attached hydrogens (tertiary/aromatic N) is 4. The van der Waals surface area contributed by atoms with E-state index in [1.807, 2.05) is 30.3 Å². The zero-order valence-electron chi connectivity index (χ0n) is 18.3. The Bertz CT molecular complexity index is 1060. The smallest absolute Gasteiger partial charge is 0.338 e. The molecule has 2 heterocycles. The topological polar surface area (TPSA) is 89.4 Å². The van der Waals surface area contributed by atoms with Crippen LogP contribution in [0.3, 0.4) is 0 Å². The molecule has 1 atom stereocenters. The molecule has 2 amide bonds. The van der Waals surface area contributed by atoms with E-state index in [4.69, 9.17) is 4.74 Å². The lowest BCUT2D eigenvalue weighted by atomic mass is 9.95. The minimum Gasteiger partial charge on any atom is -0.466 e. The molecule has 0 spiro atoms. The fourth-order valence-corrected chi connectivity index (χ4v) is 5.31. The van der Waals surface area contributed by atoms with Crippen LogP contribution in [-0.4, -0.2) is 50.6 Å². The van der Waals surface area contributed by atoms with Crippen molar-refractivity contribution >= 4 is 23.8 Å². The Kier molecular flexibility index (Phi) is 5.67. The standard InChI is InChI=1S/C23H27N5O3S/c1-3-27-20(15-9-10-15)25-26-23(27)32-13-17-18(21(29)31-2)19(14-7-5-4-6-8-14)24-22(30)28(17)16-11-12-16/h4-8,15-16,19H,3,9-13H2,1-2H3,(H,24,30)/t19-/m0/s1. The Morgan fingerprint density at radius 3 is 2.56 bits per heavy atom. The number of methoxy groups -OCH3 is 1. The number of benzene rings is 1. The second-order valence-electron chi connectivity index (χ2n) is 8.39. The van der Waals surface area contributed by atoms with Gasteiger partial charge in [0.1, 0.15) is 5.82 Å². The third-order valence-corrected chi connectivity index (χ3v) is 7.15. The molecule has 1 aliphatic heterocycles. The Balaban J connectivity index is 1.53. The van der Waals surface area contributed by atoms with Crippen LogP contribution in [0.5, 0.6) is 0 Å². The maximum Gasteiger partial charge on any atom is 0.338 e. The summed E-state index contributed by atoms with van der Waals surface area (Å²) in [6.07, 6.45) is 4.19. The van der Waals surface area contributed by atoms with E-state index >= 15 is 0 Å². The van der Waals surface area contributed by atoms with Gasteiger partial charge in [0.15, 0.2) is 5.16 Å². The number of ether oxygens (including phenoxy) is 1. The van der Waals surface area contributed by atoms with Gasteiger partial charge in [-0.05, 0) is 38.2 Å². The number of nitrogens with one attached hydrogen (secondary N) is 1. The van der Waals surface area contributed by atoms with Gasteiger partial charge < -0.3 is 14.6 Å². The molecule has 1 N–H and O–H groups in total. The van der Waals surface area contributed by atoms with Gasteiger partial charge in [-0.25, -0.2) is 9.59 Å². The van der Waals surface area contributed by atoms with Gasteiger partial charge >= 0.3 is 12.0 Å². The lowest BCUT2D eigenvalue weighted by molar-refractivity contribution is -0.136. The molecule has 1 aromatic carbocycles. The van der Waals surface area contributed by atoms with Crippen LogP contribution >= 0.6 is 11.8 Å². The molecule has 2 saturated carbocycles. The zero-order chi connectivity index (χ0) is 22.2. The molecule has 8 nitrogen and oxygen atoms in total. The molecule has 2 fully saturated rings. The lowest BCUT2D eigenvalue weighted by Gasteiger charge is -2.36. The second kappa shape index (κ2) is 8.61. The van der Waals surface area contributed by atoms with Crippen molar-refractivity contribution in [2.75, 3.05) is 12.9 Å². The highest BCUT2D eigenvalue weighted by Gasteiger charge is 2.44. The van der Waals surface area contributed by atoms with Crippen LogP contribution in [-0.2, 0) is 16.1 Å². The molecular formula is C23H27N5O3S. The van der Waals surface area contributed by atoms with Gasteiger partial charge in [-0.1, -0.05) is 42.1 Å². The molecule has 0 unspecified atom stereocenters. The van der Waals surface area contributed by atoms with Crippen LogP contribution in [0.2, 0.25) is 0 Å². The first-order chi connectivity index (χ1) is 15.6. The van der Waals surface area contributed by atoms with Crippen molar-refractivity contribution in [3.8, 4) is 0 Å². The molecule has 0 saturated heterocycles. The number of hydrogen-bond acceptors (Lipinski definition) is 6. The number of thioether (sulfide) groups is 1. The summed E-state index contributed by atoms with van der Waals surface area (Å²) in [4.78, 5) is 27.9. The van der Waals surface area contributed by atoms with E-state index in [1.54, 1.807) is 4.90 Å². The van der Waals surface area contributed by atoms with Crippen LogP contribution in [0.1, 0.15) is 56.0 Å². The van der Waals surface area contributed by atoms with E-state index < -0.39 is 12.0 Å². The van der Waals surface area contributed by atoms with Gasteiger partial charge in [0.25, 0.3) is 0 Å². The molecule has 2 aliphatic carbocycles. The highest BCUT2D eigenvalue weighted by Crippen LogP contribution is 2.42. The molecule has 0 radical (unpaired) electrons. The number of hydrogen-bond donors (Lipinski definition) is 1. The molecule has 32 heavy (non-hydrogen) atoms. The molecule has 0 bridgehead atoms. The average molecular weight is 454 g/mol. The molecule has 2 aromatic rings. The van der Waals surface area contributed by atoms with E-state index in [1.165, 1.54) is 18.9 Å². The number of aromatic nitrogens is 3. The first-order valence-electron chi connectivity index (χ1n) is 11.1. The van der Waals surface area contributed by atoms with Gasteiger partial charge in [-0.15, -0.1) is 10.2 Å². The fraction of sp³-hybridized carbons (Fsp3) is 0.478. The van der Waals surface area contributed by atoms with E-state index in [2.05, 4.69) is 27.0 Å². The Morgan fingerprint density at radius 1 is 1.19 bits per heavy atom. The van der Waals surface area contributed by atoms with Gasteiger partial charge in [-0.2, -0.15) is 0 Å². The van der Waals surface area contributed by atoms with Crippen molar-refractivity contribution in [2.45, 2.75) is 62.3 Å². The maximum absolute atomic E-state index is 13.1. The monoisotopic (exact) mass is 453 g/mol. The van der Waals surface area contributed by atoms with Crippen molar-refractivity contribution in [3.63, 3.8) is 0 Å². The number of carbonyl (C=O) groups excluding carboxylic acids is 2. The Labute approximate surface area is 191 Å². The fourth-order valence-electron chi connectivity index (χ4n) is 4.27. The van der Waals surface area contributed by atoms with E-state index in [0.717, 1.165) is 48.8 Å². The summed E-state index contributed by atoms with van der Waals surface area (Å²) >= 11 is 1.53. The molecule has 168 valence electrons. The molecule has 9 heteroatoms. The second-order valence-corrected chi connectivity index (χ2v) is 9.34. The molecule has 1 aromatic heterocycles. The predicted molar refractivity (Wildman–Crippen MR) is 120 cm³/mol. The minimum atomic E-state index is -0.548. The highest BCUT2D eigenvalue weighted by molar-refractivity contribution is 7.99. The van der Waals surface area contributed by atoms with Crippen molar-refractivity contribution in [3.05, 3.63) is 53.0 Å². The van der Waals surface area contributed by atoms with Crippen LogP contribution < -0.4 is 5.32 Å². The SMILES string of the molecule is CCn1c(SCC2=C(C(=O)OC)[C@H](c3ccccc3)NC(=O)N2C2CC2)nnc1C1CC1. The van der Waals surface area contributed by atoms with Crippen molar-refractivity contribution in [1.82, 2.24) is 25.0 Å². The van der Waals surface area contributed by atoms with E-state index in [-0.39, 0.29) is 12.1 Å². The summed E-state index contributed by atoms with van der Waals surface area (Å²) < 4.78 is 7.33. The third kappa shape index (κ3) is 3.90. The number of amides is 2. The van der Waals surface area contributed by atoms with Gasteiger partial charge in [0.2, 0.25) is 0 Å². The minimum absolute atomic E-state index is 0.119. The summed E-state index contributed by atoms with van der Waals surface area (Å²) in [5.74, 6) is 1.57. The quantitative estimate of drug-likeness (QED) is 0.485. The average Bonchev–Trinajstić information content (AvgIpc) is 3.75. The van der Waals surface area contributed by atoms with Gasteiger partial charge in [0, 0.05) is 30.0 Å². The van der Waals surface area contributed by atoms with Crippen molar-refractivity contribution < 1.29 is 14.3 Å². The largest absolute Gasteiger partial charge is 0.466 e. The molecular weight excluding hydrogens is 426 g/mol. The molecule has 5 rings (SSSR count). The Morgan fingerprint density at radius 2 is 1.94 bits per heavy atom. The number of rotatable bonds is 8. The predicted octanol–water partition coefficient (Wildman–Crippen LogP) is 3.62. The van der Waals surface area contributed by atoms with Crippen LogP contribution in [0.25, 0.3) is 0 Å².